The smallest absolute Gasteiger partial charge is 0.250 e. The summed E-state index contributed by atoms with van der Waals surface area (Å²) in [6, 6.07) is 7.77. The molecule has 1 aromatic carbocycles. The first-order valence-electron chi connectivity index (χ1n) is 4.86. The largest absolute Gasteiger partial charge is 0.310 e. The van der Waals surface area contributed by atoms with E-state index >= 15 is 0 Å². The van der Waals surface area contributed by atoms with Crippen LogP contribution in [-0.2, 0) is 6.54 Å². The molecule has 0 fully saturated rings. The van der Waals surface area contributed by atoms with Crippen LogP contribution in [0.25, 0.3) is 0 Å². The van der Waals surface area contributed by atoms with Crippen LogP contribution in [0.3, 0.4) is 0 Å². The molecule has 0 N–H and O–H groups in total. The third-order valence-electron chi connectivity index (χ3n) is 2.28. The van der Waals surface area contributed by atoms with Crippen molar-refractivity contribution in [1.82, 2.24) is 4.57 Å². The van der Waals surface area contributed by atoms with Crippen molar-refractivity contribution in [2.75, 3.05) is 0 Å². The summed E-state index contributed by atoms with van der Waals surface area (Å²) >= 11 is 7.72. The number of pyridine rings is 1. The summed E-state index contributed by atoms with van der Waals surface area (Å²) in [6.45, 7) is 0.337. The molecule has 17 heavy (non-hydrogen) atoms. The highest BCUT2D eigenvalue weighted by Gasteiger charge is 2.03. The molecule has 0 bridgehead atoms. The van der Waals surface area contributed by atoms with Gasteiger partial charge in [-0.2, -0.15) is 0 Å². The molecule has 5 heteroatoms. The van der Waals surface area contributed by atoms with Gasteiger partial charge in [-0.1, -0.05) is 17.7 Å². The van der Waals surface area contributed by atoms with E-state index < -0.39 is 5.82 Å². The van der Waals surface area contributed by atoms with E-state index in [2.05, 4.69) is 22.6 Å². The molecule has 0 unspecified atom stereocenters. The van der Waals surface area contributed by atoms with E-state index in [1.165, 1.54) is 22.8 Å². The minimum atomic E-state index is -0.470. The molecule has 2 rings (SSSR count). The number of hydrogen-bond acceptors (Lipinski definition) is 1. The Bertz CT molecular complexity index is 612. The molecule has 2 nitrogen and oxygen atoms in total. The van der Waals surface area contributed by atoms with Gasteiger partial charge in [-0.3, -0.25) is 4.79 Å². The van der Waals surface area contributed by atoms with E-state index in [0.29, 0.717) is 12.1 Å². The minimum Gasteiger partial charge on any atom is -0.310 e. The fourth-order valence-corrected chi connectivity index (χ4v) is 2.09. The van der Waals surface area contributed by atoms with Gasteiger partial charge in [0.15, 0.2) is 0 Å². The predicted octanol–water partition coefficient (Wildman–Crippen LogP) is 3.29. The van der Waals surface area contributed by atoms with E-state index in [9.17, 15) is 9.18 Å². The maximum Gasteiger partial charge on any atom is 0.250 e. The number of nitrogens with zero attached hydrogens (tertiary/aromatic N) is 1. The molecule has 1 aromatic heterocycles. The highest BCUT2D eigenvalue weighted by atomic mass is 127. The van der Waals surface area contributed by atoms with E-state index in [1.54, 1.807) is 18.3 Å². The van der Waals surface area contributed by atoms with Crippen LogP contribution in [-0.4, -0.2) is 4.57 Å². The molecule has 0 radical (unpaired) electrons. The summed E-state index contributed by atoms with van der Waals surface area (Å²) in [5.74, 6) is -0.470. The molecule has 0 aliphatic carbocycles. The molecule has 2 aromatic rings. The first-order chi connectivity index (χ1) is 8.06. The Kier molecular flexibility index (Phi) is 3.83. The predicted molar refractivity (Wildman–Crippen MR) is 73.9 cm³/mol. The molecule has 1 heterocycles. The third kappa shape index (κ3) is 3.07. The standard InChI is InChI=1S/C12H8ClFINO/c13-10-3-1-8(5-11(10)14)6-16-7-9(15)2-4-12(16)17/h1-5,7H,6H2. The van der Waals surface area contributed by atoms with Gasteiger partial charge in [-0.25, -0.2) is 4.39 Å². The van der Waals surface area contributed by atoms with Crippen LogP contribution in [0.5, 0.6) is 0 Å². The molecule has 88 valence electrons. The maximum atomic E-state index is 13.2. The lowest BCUT2D eigenvalue weighted by molar-refractivity contribution is 0.623. The van der Waals surface area contributed by atoms with Gasteiger partial charge in [0, 0.05) is 15.8 Å². The summed E-state index contributed by atoms with van der Waals surface area (Å²) in [5, 5.41) is 0.0868. The Morgan fingerprint density at radius 1 is 1.29 bits per heavy atom. The fourth-order valence-electron chi connectivity index (χ4n) is 1.46. The number of aromatic nitrogens is 1. The molecule has 0 saturated carbocycles. The molecule has 0 spiro atoms. The Morgan fingerprint density at radius 3 is 2.76 bits per heavy atom. The first kappa shape index (κ1) is 12.6. The lowest BCUT2D eigenvalue weighted by Gasteiger charge is -2.06. The van der Waals surface area contributed by atoms with Crippen molar-refractivity contribution >= 4 is 34.2 Å². The fraction of sp³-hybridized carbons (Fsp3) is 0.0833. The third-order valence-corrected chi connectivity index (χ3v) is 3.23. The van der Waals surface area contributed by atoms with Crippen molar-refractivity contribution in [3.8, 4) is 0 Å². The van der Waals surface area contributed by atoms with Crippen molar-refractivity contribution < 1.29 is 4.39 Å². The number of benzene rings is 1. The van der Waals surface area contributed by atoms with Crippen molar-refractivity contribution in [3.63, 3.8) is 0 Å². The van der Waals surface area contributed by atoms with E-state index in [4.69, 9.17) is 11.6 Å². The second-order valence-electron chi connectivity index (χ2n) is 3.56. The highest BCUT2D eigenvalue weighted by molar-refractivity contribution is 14.1. The molecule has 0 aliphatic rings. The Labute approximate surface area is 116 Å². The zero-order chi connectivity index (χ0) is 12.4. The SMILES string of the molecule is O=c1ccc(I)cn1Cc1ccc(Cl)c(F)c1. The lowest BCUT2D eigenvalue weighted by atomic mass is 10.2. The quantitative estimate of drug-likeness (QED) is 0.751. The summed E-state index contributed by atoms with van der Waals surface area (Å²) in [4.78, 5) is 11.6. The number of hydrogen-bond donors (Lipinski definition) is 0. The maximum absolute atomic E-state index is 13.2. The van der Waals surface area contributed by atoms with Gasteiger partial charge < -0.3 is 4.57 Å². The molecular weight excluding hydrogens is 355 g/mol. The van der Waals surface area contributed by atoms with Gasteiger partial charge >= 0.3 is 0 Å². The van der Waals surface area contributed by atoms with Gasteiger partial charge in [0.1, 0.15) is 5.82 Å². The van der Waals surface area contributed by atoms with Gasteiger partial charge in [0.05, 0.1) is 11.6 Å². The average molecular weight is 364 g/mol. The topological polar surface area (TPSA) is 22.0 Å². The van der Waals surface area contributed by atoms with Crippen LogP contribution in [0.15, 0.2) is 41.3 Å². The molecule has 0 atom stereocenters. The van der Waals surface area contributed by atoms with Crippen molar-refractivity contribution in [1.29, 1.82) is 0 Å². The lowest BCUT2D eigenvalue weighted by Crippen LogP contribution is -2.19. The zero-order valence-electron chi connectivity index (χ0n) is 8.66. The zero-order valence-corrected chi connectivity index (χ0v) is 11.6. The van der Waals surface area contributed by atoms with Gasteiger partial charge in [-0.15, -0.1) is 0 Å². The average Bonchev–Trinajstić information content (AvgIpc) is 2.29. The van der Waals surface area contributed by atoms with Crippen LogP contribution in [0.4, 0.5) is 4.39 Å². The van der Waals surface area contributed by atoms with Crippen LogP contribution < -0.4 is 5.56 Å². The monoisotopic (exact) mass is 363 g/mol. The van der Waals surface area contributed by atoms with Gasteiger partial charge in [-0.05, 0) is 46.4 Å². The number of rotatable bonds is 2. The molecule has 0 saturated heterocycles. The Morgan fingerprint density at radius 2 is 2.06 bits per heavy atom. The molecular formula is C12H8ClFINO. The first-order valence-corrected chi connectivity index (χ1v) is 6.32. The second kappa shape index (κ2) is 5.18. The summed E-state index contributed by atoms with van der Waals surface area (Å²) in [6.07, 6.45) is 1.73. The van der Waals surface area contributed by atoms with Crippen LogP contribution >= 0.6 is 34.2 Å². The van der Waals surface area contributed by atoms with Gasteiger partial charge in [0.2, 0.25) is 0 Å². The normalized spacial score (nSPS) is 10.5. The summed E-state index contributed by atoms with van der Waals surface area (Å²) in [5.41, 5.74) is 0.594. The number of halogens is 3. The van der Waals surface area contributed by atoms with Crippen molar-refractivity contribution in [2.45, 2.75) is 6.54 Å². The van der Waals surface area contributed by atoms with E-state index in [0.717, 1.165) is 3.57 Å². The minimum absolute atomic E-state index is 0.0868. The summed E-state index contributed by atoms with van der Waals surface area (Å²) in [7, 11) is 0. The van der Waals surface area contributed by atoms with E-state index in [1.807, 2.05) is 0 Å². The van der Waals surface area contributed by atoms with Gasteiger partial charge in [0.25, 0.3) is 5.56 Å². The van der Waals surface area contributed by atoms with Crippen LogP contribution in [0, 0.1) is 9.39 Å². The van der Waals surface area contributed by atoms with Crippen LogP contribution in [0.2, 0.25) is 5.02 Å². The van der Waals surface area contributed by atoms with Crippen molar-refractivity contribution in [3.05, 3.63) is 66.9 Å². The Balaban J connectivity index is 2.34. The summed E-state index contributed by atoms with van der Waals surface area (Å²) < 4.78 is 15.7. The van der Waals surface area contributed by atoms with Crippen molar-refractivity contribution in [2.24, 2.45) is 0 Å². The highest BCUT2D eigenvalue weighted by Crippen LogP contribution is 2.16. The molecule has 0 amide bonds. The van der Waals surface area contributed by atoms with E-state index in [-0.39, 0.29) is 10.6 Å². The second-order valence-corrected chi connectivity index (χ2v) is 5.21. The Hall–Kier alpha value is -0.880. The van der Waals surface area contributed by atoms with Crippen LogP contribution in [0.1, 0.15) is 5.56 Å². The molecule has 0 aliphatic heterocycles.